The van der Waals surface area contributed by atoms with Crippen molar-refractivity contribution in [3.63, 3.8) is 0 Å². The highest BCUT2D eigenvalue weighted by molar-refractivity contribution is 5.92. The first-order valence-corrected chi connectivity index (χ1v) is 6.50. The van der Waals surface area contributed by atoms with Crippen molar-refractivity contribution in [1.29, 1.82) is 0 Å². The predicted molar refractivity (Wildman–Crippen MR) is 71.4 cm³/mol. The number of nitrogens with one attached hydrogen (secondary N) is 2. The second-order valence-corrected chi connectivity index (χ2v) is 5.01. The van der Waals surface area contributed by atoms with Gasteiger partial charge in [0.1, 0.15) is 5.69 Å². The van der Waals surface area contributed by atoms with Crippen LogP contribution in [0.1, 0.15) is 34.1 Å². The van der Waals surface area contributed by atoms with E-state index in [9.17, 15) is 9.59 Å². The minimum Gasteiger partial charge on any atom is -0.337 e. The van der Waals surface area contributed by atoms with Crippen LogP contribution in [-0.2, 0) is 0 Å². The van der Waals surface area contributed by atoms with E-state index in [2.05, 4.69) is 20.4 Å². The molecule has 3 rings (SSSR count). The van der Waals surface area contributed by atoms with Gasteiger partial charge in [-0.25, -0.2) is 5.10 Å². The molecule has 1 amide bonds. The second-order valence-electron chi connectivity index (χ2n) is 5.01. The Bertz CT molecular complexity index is 670. The topological polar surface area (TPSA) is 94.7 Å². The molecule has 1 aliphatic rings. The van der Waals surface area contributed by atoms with Crippen molar-refractivity contribution < 1.29 is 4.79 Å². The summed E-state index contributed by atoms with van der Waals surface area (Å²) in [5.74, 6) is 0.130. The van der Waals surface area contributed by atoms with Crippen molar-refractivity contribution in [3.05, 3.63) is 45.6 Å². The summed E-state index contributed by atoms with van der Waals surface area (Å²) in [6, 6.07) is 2.77. The highest BCUT2D eigenvalue weighted by Gasteiger charge is 2.30. The molecule has 0 spiro atoms. The molecule has 3 heterocycles. The number of carbonyl (C=O) groups is 1. The molecule has 7 heteroatoms. The van der Waals surface area contributed by atoms with Gasteiger partial charge in [-0.15, -0.1) is 0 Å². The molecular weight excluding hydrogens is 258 g/mol. The highest BCUT2D eigenvalue weighted by atomic mass is 16.2. The fourth-order valence-corrected chi connectivity index (χ4v) is 2.58. The van der Waals surface area contributed by atoms with Crippen molar-refractivity contribution in [2.24, 2.45) is 0 Å². The number of aromatic nitrogens is 4. The molecular formula is C13H15N5O2. The van der Waals surface area contributed by atoms with Crippen LogP contribution >= 0.6 is 0 Å². The van der Waals surface area contributed by atoms with Crippen molar-refractivity contribution in [3.8, 4) is 0 Å². The van der Waals surface area contributed by atoms with E-state index >= 15 is 0 Å². The molecule has 2 aromatic rings. The van der Waals surface area contributed by atoms with Gasteiger partial charge >= 0.3 is 0 Å². The van der Waals surface area contributed by atoms with E-state index in [0.717, 1.165) is 17.7 Å². The van der Waals surface area contributed by atoms with Crippen LogP contribution in [0.15, 0.2) is 23.1 Å². The maximum atomic E-state index is 12.3. The Morgan fingerprint density at radius 1 is 1.40 bits per heavy atom. The summed E-state index contributed by atoms with van der Waals surface area (Å²) in [5.41, 5.74) is 2.17. The quantitative estimate of drug-likeness (QED) is 0.829. The van der Waals surface area contributed by atoms with Gasteiger partial charge in [-0.1, -0.05) is 0 Å². The Kier molecular flexibility index (Phi) is 3.09. The molecule has 0 radical (unpaired) electrons. The number of H-pyrrole nitrogens is 2. The Hall–Kier alpha value is -2.44. The number of carbonyl (C=O) groups excluding carboxylic acids is 1. The number of aromatic amines is 2. The highest BCUT2D eigenvalue weighted by Crippen LogP contribution is 2.28. The number of rotatable bonds is 2. The van der Waals surface area contributed by atoms with E-state index in [1.54, 1.807) is 11.1 Å². The van der Waals surface area contributed by atoms with Crippen LogP contribution in [0.4, 0.5) is 0 Å². The van der Waals surface area contributed by atoms with Gasteiger partial charge in [-0.05, 0) is 25.0 Å². The number of amides is 1. The second kappa shape index (κ2) is 4.92. The minimum absolute atomic E-state index is 0.152. The van der Waals surface area contributed by atoms with Crippen molar-refractivity contribution in [2.75, 3.05) is 13.1 Å². The van der Waals surface area contributed by atoms with E-state index in [0.29, 0.717) is 13.1 Å². The smallest absolute Gasteiger partial charge is 0.274 e. The van der Waals surface area contributed by atoms with Crippen molar-refractivity contribution >= 4 is 5.91 Å². The summed E-state index contributed by atoms with van der Waals surface area (Å²) in [6.07, 6.45) is 2.70. The monoisotopic (exact) mass is 273 g/mol. The zero-order chi connectivity index (χ0) is 14.1. The van der Waals surface area contributed by atoms with Gasteiger partial charge in [0.05, 0.1) is 6.20 Å². The summed E-state index contributed by atoms with van der Waals surface area (Å²) < 4.78 is 0. The zero-order valence-electron chi connectivity index (χ0n) is 11.1. The standard InChI is InChI=1S/C13H15N5O2/c1-8-6-14-17-12(8)9-4-5-18(7-9)13(20)10-2-3-11(19)16-15-10/h2-3,6,9H,4-5,7H2,1H3,(H,14,17)(H,16,19). The van der Waals surface area contributed by atoms with Crippen LogP contribution in [0, 0.1) is 6.92 Å². The molecule has 20 heavy (non-hydrogen) atoms. The number of likely N-dealkylation sites (tertiary alicyclic amines) is 1. The number of nitrogens with zero attached hydrogens (tertiary/aromatic N) is 3. The van der Waals surface area contributed by atoms with Gasteiger partial charge in [-0.2, -0.15) is 10.2 Å². The summed E-state index contributed by atoms with van der Waals surface area (Å²) in [7, 11) is 0. The third kappa shape index (κ3) is 2.22. The lowest BCUT2D eigenvalue weighted by atomic mass is 10.0. The molecule has 1 aliphatic heterocycles. The number of aryl methyl sites for hydroxylation is 1. The molecule has 0 aliphatic carbocycles. The third-order valence-electron chi connectivity index (χ3n) is 3.65. The Morgan fingerprint density at radius 2 is 2.25 bits per heavy atom. The zero-order valence-corrected chi connectivity index (χ0v) is 11.1. The van der Waals surface area contributed by atoms with Gasteiger partial charge in [0.15, 0.2) is 0 Å². The van der Waals surface area contributed by atoms with Crippen LogP contribution in [0.2, 0.25) is 0 Å². The van der Waals surface area contributed by atoms with Gasteiger partial charge in [-0.3, -0.25) is 14.7 Å². The predicted octanol–water partition coefficient (Wildman–Crippen LogP) is 0.431. The van der Waals surface area contributed by atoms with E-state index in [1.165, 1.54) is 12.1 Å². The molecule has 0 bridgehead atoms. The van der Waals surface area contributed by atoms with Crippen LogP contribution in [0.5, 0.6) is 0 Å². The van der Waals surface area contributed by atoms with E-state index in [1.807, 2.05) is 6.92 Å². The van der Waals surface area contributed by atoms with Gasteiger partial charge < -0.3 is 4.90 Å². The number of hydrogen-bond acceptors (Lipinski definition) is 4. The molecule has 1 atom stereocenters. The fraction of sp³-hybridized carbons (Fsp3) is 0.385. The summed E-state index contributed by atoms with van der Waals surface area (Å²) in [6.45, 7) is 3.33. The average molecular weight is 273 g/mol. The van der Waals surface area contributed by atoms with Crippen LogP contribution in [-0.4, -0.2) is 44.3 Å². The molecule has 2 N–H and O–H groups in total. The van der Waals surface area contributed by atoms with E-state index < -0.39 is 0 Å². The molecule has 104 valence electrons. The van der Waals surface area contributed by atoms with Crippen molar-refractivity contribution in [2.45, 2.75) is 19.3 Å². The first-order valence-electron chi connectivity index (χ1n) is 6.50. The maximum Gasteiger partial charge on any atom is 0.274 e. The molecule has 1 unspecified atom stereocenters. The van der Waals surface area contributed by atoms with Crippen LogP contribution in [0.25, 0.3) is 0 Å². The first-order chi connectivity index (χ1) is 9.65. The van der Waals surface area contributed by atoms with E-state index in [-0.39, 0.29) is 23.1 Å². The summed E-state index contributed by atoms with van der Waals surface area (Å²) in [4.78, 5) is 25.0. The lowest BCUT2D eigenvalue weighted by Gasteiger charge is -2.15. The lowest BCUT2D eigenvalue weighted by Crippen LogP contribution is -2.30. The molecule has 1 fully saturated rings. The SMILES string of the molecule is Cc1cn[nH]c1C1CCN(C(=O)c2ccc(=O)[nH]n2)C1. The molecule has 1 saturated heterocycles. The third-order valence-corrected chi connectivity index (χ3v) is 3.65. The normalized spacial score (nSPS) is 18.4. The van der Waals surface area contributed by atoms with Crippen molar-refractivity contribution in [1.82, 2.24) is 25.3 Å². The van der Waals surface area contributed by atoms with Crippen LogP contribution < -0.4 is 5.56 Å². The molecule has 7 nitrogen and oxygen atoms in total. The Labute approximate surface area is 115 Å². The Balaban J connectivity index is 1.74. The Morgan fingerprint density at radius 3 is 2.90 bits per heavy atom. The summed E-state index contributed by atoms with van der Waals surface area (Å²) >= 11 is 0. The lowest BCUT2D eigenvalue weighted by molar-refractivity contribution is 0.0783. The largest absolute Gasteiger partial charge is 0.337 e. The minimum atomic E-state index is -0.311. The first kappa shape index (κ1) is 12.6. The number of hydrogen-bond donors (Lipinski definition) is 2. The molecule has 0 saturated carbocycles. The fourth-order valence-electron chi connectivity index (χ4n) is 2.58. The molecule has 0 aromatic carbocycles. The van der Waals surface area contributed by atoms with Gasteiger partial charge in [0.25, 0.3) is 11.5 Å². The van der Waals surface area contributed by atoms with E-state index in [4.69, 9.17) is 0 Å². The maximum absolute atomic E-state index is 12.3. The van der Waals surface area contributed by atoms with Crippen LogP contribution in [0.3, 0.4) is 0 Å². The average Bonchev–Trinajstić information content (AvgIpc) is 3.07. The van der Waals surface area contributed by atoms with Gasteiger partial charge in [0, 0.05) is 30.8 Å². The molecule has 2 aromatic heterocycles. The summed E-state index contributed by atoms with van der Waals surface area (Å²) in [5, 5.41) is 13.1. The van der Waals surface area contributed by atoms with Gasteiger partial charge in [0.2, 0.25) is 0 Å².